The lowest BCUT2D eigenvalue weighted by Crippen LogP contribution is -2.51. The Bertz CT molecular complexity index is 1160. The lowest BCUT2D eigenvalue weighted by atomic mass is 10.0. The van der Waals surface area contributed by atoms with Crippen LogP contribution in [0.15, 0.2) is 72.8 Å². The van der Waals surface area contributed by atoms with E-state index in [4.69, 9.17) is 27.9 Å². The zero-order valence-electron chi connectivity index (χ0n) is 21.5. The molecular formula is C30H34Cl2N2O3. The van der Waals surface area contributed by atoms with Crippen molar-refractivity contribution in [3.8, 4) is 5.75 Å². The van der Waals surface area contributed by atoms with Crippen LogP contribution in [-0.4, -0.2) is 35.9 Å². The molecule has 0 saturated heterocycles. The van der Waals surface area contributed by atoms with Crippen LogP contribution in [0.5, 0.6) is 5.75 Å². The summed E-state index contributed by atoms with van der Waals surface area (Å²) < 4.78 is 6.01. The van der Waals surface area contributed by atoms with E-state index in [0.29, 0.717) is 34.3 Å². The van der Waals surface area contributed by atoms with Gasteiger partial charge in [-0.1, -0.05) is 98.6 Å². The topological polar surface area (TPSA) is 58.6 Å². The minimum absolute atomic E-state index is 0.0730. The summed E-state index contributed by atoms with van der Waals surface area (Å²) in [5.41, 5.74) is 2.54. The number of ether oxygens (including phenoxy) is 1. The summed E-state index contributed by atoms with van der Waals surface area (Å²) in [5.74, 6) is 0.318. The molecule has 0 saturated carbocycles. The van der Waals surface area contributed by atoms with E-state index in [9.17, 15) is 9.59 Å². The molecule has 0 aliphatic carbocycles. The Morgan fingerprint density at radius 3 is 2.22 bits per heavy atom. The van der Waals surface area contributed by atoms with Crippen molar-refractivity contribution in [3.05, 3.63) is 99.5 Å². The first-order valence-corrected chi connectivity index (χ1v) is 13.3. The van der Waals surface area contributed by atoms with E-state index in [1.807, 2.05) is 61.5 Å². The number of benzene rings is 3. The number of para-hydroxylation sites is 1. The van der Waals surface area contributed by atoms with Gasteiger partial charge in [0.05, 0.1) is 0 Å². The molecule has 0 fully saturated rings. The summed E-state index contributed by atoms with van der Waals surface area (Å²) in [4.78, 5) is 28.7. The van der Waals surface area contributed by atoms with Crippen molar-refractivity contribution in [2.75, 3.05) is 13.2 Å². The quantitative estimate of drug-likeness (QED) is 0.279. The van der Waals surface area contributed by atoms with Gasteiger partial charge < -0.3 is 15.0 Å². The number of halogens is 2. The third-order valence-electron chi connectivity index (χ3n) is 6.10. The molecule has 0 radical (unpaired) electrons. The van der Waals surface area contributed by atoms with Crippen LogP contribution in [0.1, 0.15) is 49.8 Å². The maximum absolute atomic E-state index is 13.8. The number of carbonyl (C=O) groups excluding carboxylic acids is 2. The fraction of sp³-hybridized carbons (Fsp3) is 0.333. The van der Waals surface area contributed by atoms with Crippen LogP contribution in [0.25, 0.3) is 0 Å². The second kappa shape index (κ2) is 14.1. The number of carbonyl (C=O) groups is 2. The molecule has 1 unspecified atom stereocenters. The second-order valence-corrected chi connectivity index (χ2v) is 10.0. The molecule has 1 N–H and O–H groups in total. The van der Waals surface area contributed by atoms with E-state index in [1.54, 1.807) is 18.2 Å². The highest BCUT2D eigenvalue weighted by atomic mass is 35.5. The maximum Gasteiger partial charge on any atom is 0.261 e. The summed E-state index contributed by atoms with van der Waals surface area (Å²) in [6.45, 7) is 6.49. The molecule has 0 aliphatic rings. The average molecular weight is 542 g/mol. The standard InChI is InChI=1S/C30H34Cl2N2O3/c1-4-17-33-30(36)27(18-22-11-6-5-7-12-22)34(19-24-25(31)14-10-15-26(24)32)29(35)20-37-28-16-9-8-13-23(28)21(2)3/h5-16,21,27H,4,17-20H2,1-3H3,(H,33,36). The Morgan fingerprint density at radius 1 is 0.919 bits per heavy atom. The van der Waals surface area contributed by atoms with Crippen LogP contribution in [0.2, 0.25) is 10.0 Å². The number of nitrogens with one attached hydrogen (secondary N) is 1. The Hall–Kier alpha value is -3.02. The maximum atomic E-state index is 13.8. The molecule has 37 heavy (non-hydrogen) atoms. The highest BCUT2D eigenvalue weighted by Gasteiger charge is 2.31. The summed E-state index contributed by atoms with van der Waals surface area (Å²) in [6, 6.07) is 21.7. The van der Waals surface area contributed by atoms with Crippen LogP contribution in [0.4, 0.5) is 0 Å². The average Bonchev–Trinajstić information content (AvgIpc) is 2.90. The van der Waals surface area contributed by atoms with Crippen molar-refractivity contribution in [1.29, 1.82) is 0 Å². The number of amides is 2. The lowest BCUT2D eigenvalue weighted by Gasteiger charge is -2.32. The Morgan fingerprint density at radius 2 is 1.57 bits per heavy atom. The monoisotopic (exact) mass is 540 g/mol. The normalized spacial score (nSPS) is 11.7. The van der Waals surface area contributed by atoms with Gasteiger partial charge in [-0.2, -0.15) is 0 Å². The Kier molecular flexibility index (Phi) is 10.8. The molecule has 3 aromatic carbocycles. The minimum atomic E-state index is -0.780. The number of hydrogen-bond donors (Lipinski definition) is 1. The third-order valence-corrected chi connectivity index (χ3v) is 6.81. The number of rotatable bonds is 12. The predicted octanol–water partition coefficient (Wildman–Crippen LogP) is 6.66. The van der Waals surface area contributed by atoms with Crippen molar-refractivity contribution in [2.24, 2.45) is 0 Å². The molecule has 196 valence electrons. The van der Waals surface area contributed by atoms with Crippen molar-refractivity contribution in [2.45, 2.75) is 52.1 Å². The largest absolute Gasteiger partial charge is 0.483 e. The van der Waals surface area contributed by atoms with Gasteiger partial charge in [-0.3, -0.25) is 9.59 Å². The smallest absolute Gasteiger partial charge is 0.261 e. The zero-order valence-corrected chi connectivity index (χ0v) is 23.1. The summed E-state index contributed by atoms with van der Waals surface area (Å²) >= 11 is 13.0. The molecule has 0 heterocycles. The first kappa shape index (κ1) is 28.5. The number of nitrogens with zero attached hydrogens (tertiary/aromatic N) is 1. The van der Waals surface area contributed by atoms with Crippen LogP contribution in [-0.2, 0) is 22.6 Å². The van der Waals surface area contributed by atoms with Gasteiger partial charge in [0.25, 0.3) is 5.91 Å². The molecule has 0 bridgehead atoms. The first-order chi connectivity index (χ1) is 17.8. The van der Waals surface area contributed by atoms with E-state index in [-0.39, 0.29) is 30.9 Å². The van der Waals surface area contributed by atoms with E-state index in [1.165, 1.54) is 4.90 Å². The zero-order chi connectivity index (χ0) is 26.8. The van der Waals surface area contributed by atoms with Crippen molar-refractivity contribution >= 4 is 35.0 Å². The predicted molar refractivity (Wildman–Crippen MR) is 150 cm³/mol. The molecule has 0 spiro atoms. The molecular weight excluding hydrogens is 507 g/mol. The molecule has 3 rings (SSSR count). The molecule has 7 heteroatoms. The SMILES string of the molecule is CCCNC(=O)C(Cc1ccccc1)N(Cc1c(Cl)cccc1Cl)C(=O)COc1ccccc1C(C)C. The Labute approximate surface area is 229 Å². The van der Waals surface area contributed by atoms with Gasteiger partial charge in [0.1, 0.15) is 11.8 Å². The molecule has 5 nitrogen and oxygen atoms in total. The van der Waals surface area contributed by atoms with Crippen LogP contribution in [0.3, 0.4) is 0 Å². The van der Waals surface area contributed by atoms with Crippen LogP contribution < -0.4 is 10.1 Å². The van der Waals surface area contributed by atoms with Gasteiger partial charge in [0.15, 0.2) is 6.61 Å². The third kappa shape index (κ3) is 7.98. The van der Waals surface area contributed by atoms with Crippen LogP contribution in [0, 0.1) is 0 Å². The Balaban J connectivity index is 1.96. The minimum Gasteiger partial charge on any atom is -0.483 e. The fourth-order valence-electron chi connectivity index (χ4n) is 4.09. The van der Waals surface area contributed by atoms with Gasteiger partial charge in [-0.05, 0) is 41.7 Å². The summed E-state index contributed by atoms with van der Waals surface area (Å²) in [6.07, 6.45) is 1.12. The molecule has 3 aromatic rings. The fourth-order valence-corrected chi connectivity index (χ4v) is 4.60. The van der Waals surface area contributed by atoms with E-state index < -0.39 is 6.04 Å². The van der Waals surface area contributed by atoms with Crippen molar-refractivity contribution in [1.82, 2.24) is 10.2 Å². The lowest BCUT2D eigenvalue weighted by molar-refractivity contribution is -0.142. The highest BCUT2D eigenvalue weighted by Crippen LogP contribution is 2.28. The van der Waals surface area contributed by atoms with Gasteiger partial charge >= 0.3 is 0 Å². The molecule has 0 aliphatic heterocycles. The summed E-state index contributed by atoms with van der Waals surface area (Å²) in [7, 11) is 0. The van der Waals surface area contributed by atoms with Crippen LogP contribution >= 0.6 is 23.2 Å². The molecule has 2 amide bonds. The first-order valence-electron chi connectivity index (χ1n) is 12.6. The van der Waals surface area contributed by atoms with Crippen molar-refractivity contribution < 1.29 is 14.3 Å². The van der Waals surface area contributed by atoms with Gasteiger partial charge in [-0.25, -0.2) is 0 Å². The highest BCUT2D eigenvalue weighted by molar-refractivity contribution is 6.36. The molecule has 1 atom stereocenters. The number of hydrogen-bond acceptors (Lipinski definition) is 3. The van der Waals surface area contributed by atoms with E-state index in [2.05, 4.69) is 19.2 Å². The molecule has 0 aromatic heterocycles. The van der Waals surface area contributed by atoms with Gasteiger partial charge in [0.2, 0.25) is 5.91 Å². The van der Waals surface area contributed by atoms with Gasteiger partial charge in [0, 0.05) is 35.1 Å². The second-order valence-electron chi connectivity index (χ2n) is 9.20. The van der Waals surface area contributed by atoms with E-state index in [0.717, 1.165) is 17.5 Å². The summed E-state index contributed by atoms with van der Waals surface area (Å²) in [5, 5.41) is 3.83. The van der Waals surface area contributed by atoms with Crippen molar-refractivity contribution in [3.63, 3.8) is 0 Å². The van der Waals surface area contributed by atoms with Gasteiger partial charge in [-0.15, -0.1) is 0 Å². The van der Waals surface area contributed by atoms with E-state index >= 15 is 0 Å².